The smallest absolute Gasteiger partial charge is 0.372 e. The van der Waals surface area contributed by atoms with Crippen molar-refractivity contribution >= 4 is 23.9 Å². The third-order valence-electron chi connectivity index (χ3n) is 2.12. The van der Waals surface area contributed by atoms with Gasteiger partial charge in [-0.3, -0.25) is 4.79 Å². The zero-order valence-corrected chi connectivity index (χ0v) is 9.04. The summed E-state index contributed by atoms with van der Waals surface area (Å²) in [6.07, 6.45) is 0.617. The summed E-state index contributed by atoms with van der Waals surface area (Å²) in [7, 11) is 0. The van der Waals surface area contributed by atoms with Gasteiger partial charge in [-0.2, -0.15) is 0 Å². The van der Waals surface area contributed by atoms with E-state index in [2.05, 4.69) is 4.79 Å². The van der Waals surface area contributed by atoms with Gasteiger partial charge < -0.3 is 15.0 Å². The molecule has 1 rings (SSSR count). The Balaban J connectivity index is 3.15. The van der Waals surface area contributed by atoms with Crippen molar-refractivity contribution in [3.8, 4) is 0 Å². The normalized spacial score (nSPS) is 9.33. The van der Waals surface area contributed by atoms with Crippen LogP contribution in [0.15, 0.2) is 18.2 Å². The Kier molecular flexibility index (Phi) is 4.07. The van der Waals surface area contributed by atoms with Gasteiger partial charge in [-0.15, -0.1) is 0 Å². The molecule has 92 valence electrons. The van der Waals surface area contributed by atoms with Crippen molar-refractivity contribution in [3.63, 3.8) is 0 Å². The monoisotopic (exact) mass is 248 g/mol. The molecule has 7 heteroatoms. The van der Waals surface area contributed by atoms with Crippen LogP contribution in [0.4, 0.5) is 0 Å². The van der Waals surface area contributed by atoms with Crippen LogP contribution in [-0.2, 0) is 11.2 Å². The number of hydrogen-bond acceptors (Lipinski definition) is 5. The lowest BCUT2D eigenvalue weighted by Crippen LogP contribution is -2.25. The summed E-state index contributed by atoms with van der Waals surface area (Å²) in [5, 5.41) is 19.5. The van der Waals surface area contributed by atoms with E-state index in [-0.39, 0.29) is 6.42 Å². The zero-order valence-electron chi connectivity index (χ0n) is 9.04. The molecule has 0 fully saturated rings. The SMILES string of the molecule is N=[N+]=CC(=O)Cc1ccc(C(=O)O)c(C(=O)[O-])c1. The van der Waals surface area contributed by atoms with Gasteiger partial charge >= 0.3 is 12.2 Å². The highest BCUT2D eigenvalue weighted by Gasteiger charge is 2.13. The number of benzene rings is 1. The average Bonchev–Trinajstić information content (AvgIpc) is 2.28. The lowest BCUT2D eigenvalue weighted by Gasteiger charge is -2.08. The van der Waals surface area contributed by atoms with E-state index in [9.17, 15) is 19.5 Å². The molecule has 0 amide bonds. The first-order valence-corrected chi connectivity index (χ1v) is 4.76. The molecule has 1 aromatic rings. The predicted molar refractivity (Wildman–Crippen MR) is 55.5 cm³/mol. The standard InChI is InChI=1S/C11H8N2O5/c12-13-5-7(14)3-6-1-2-8(10(15)16)9(4-6)11(17)18/h1-2,4-5,12H,3H2,(H-,15,16,17,18). The molecule has 0 aromatic heterocycles. The quantitative estimate of drug-likeness (QED) is 0.398. The number of aromatic carboxylic acids is 2. The molecule has 0 unspecified atom stereocenters. The second kappa shape index (κ2) is 5.51. The summed E-state index contributed by atoms with van der Waals surface area (Å²) in [6, 6.07) is 3.48. The Morgan fingerprint density at radius 1 is 1.33 bits per heavy atom. The molecule has 0 bridgehead atoms. The molecular formula is C11H8N2O5. The van der Waals surface area contributed by atoms with Crippen LogP contribution in [0.5, 0.6) is 0 Å². The minimum atomic E-state index is -1.63. The summed E-state index contributed by atoms with van der Waals surface area (Å²) < 4.78 is 0. The van der Waals surface area contributed by atoms with Crippen molar-refractivity contribution in [1.82, 2.24) is 0 Å². The van der Waals surface area contributed by atoms with Crippen LogP contribution in [0.3, 0.4) is 0 Å². The minimum absolute atomic E-state index is 0.164. The highest BCUT2D eigenvalue weighted by molar-refractivity contribution is 6.25. The lowest BCUT2D eigenvalue weighted by molar-refractivity contribution is -0.255. The topological polar surface area (TPSA) is 132 Å². The molecule has 0 saturated carbocycles. The molecule has 0 radical (unpaired) electrons. The number of hydrogen-bond donors (Lipinski definition) is 2. The van der Waals surface area contributed by atoms with E-state index in [0.717, 1.165) is 18.3 Å². The van der Waals surface area contributed by atoms with Gasteiger partial charge in [-0.25, -0.2) is 4.79 Å². The first kappa shape index (κ1) is 13.3. The van der Waals surface area contributed by atoms with Gasteiger partial charge in [0.05, 0.1) is 21.9 Å². The van der Waals surface area contributed by atoms with Gasteiger partial charge in [0.15, 0.2) is 0 Å². The van der Waals surface area contributed by atoms with Crippen molar-refractivity contribution < 1.29 is 29.4 Å². The van der Waals surface area contributed by atoms with E-state index >= 15 is 0 Å². The van der Waals surface area contributed by atoms with Crippen molar-refractivity contribution in [2.45, 2.75) is 6.42 Å². The maximum Gasteiger partial charge on any atom is 0.372 e. The zero-order chi connectivity index (χ0) is 13.7. The highest BCUT2D eigenvalue weighted by Crippen LogP contribution is 2.12. The second-order valence-corrected chi connectivity index (χ2v) is 3.37. The molecule has 0 saturated heterocycles. The van der Waals surface area contributed by atoms with Gasteiger partial charge in [0.25, 0.3) is 0 Å². The molecule has 0 aliphatic rings. The van der Waals surface area contributed by atoms with Crippen LogP contribution in [0.25, 0.3) is 0 Å². The molecule has 1 aromatic carbocycles. The number of nitrogens with one attached hydrogen (secondary N) is 1. The molecule has 0 aliphatic carbocycles. The number of carboxylic acids is 2. The average molecular weight is 248 g/mol. The van der Waals surface area contributed by atoms with Gasteiger partial charge in [-0.1, -0.05) is 6.07 Å². The number of ketones is 1. The third kappa shape index (κ3) is 3.10. The van der Waals surface area contributed by atoms with Crippen LogP contribution in [-0.4, -0.2) is 33.8 Å². The number of carboxylic acid groups (broad SMARTS) is 2. The Hall–Kier alpha value is -2.79. The molecule has 7 nitrogen and oxygen atoms in total. The Morgan fingerprint density at radius 3 is 2.50 bits per heavy atom. The van der Waals surface area contributed by atoms with Crippen LogP contribution in [0.2, 0.25) is 0 Å². The fourth-order valence-corrected chi connectivity index (χ4v) is 1.38. The van der Waals surface area contributed by atoms with Crippen LogP contribution >= 0.6 is 0 Å². The van der Waals surface area contributed by atoms with E-state index in [1.54, 1.807) is 0 Å². The van der Waals surface area contributed by atoms with Crippen molar-refractivity contribution in [2.75, 3.05) is 0 Å². The maximum atomic E-state index is 11.2. The summed E-state index contributed by atoms with van der Waals surface area (Å²) in [5.74, 6) is -3.51. The summed E-state index contributed by atoms with van der Waals surface area (Å²) >= 11 is 0. The van der Waals surface area contributed by atoms with Crippen LogP contribution in [0.1, 0.15) is 26.3 Å². The number of rotatable bonds is 5. The van der Waals surface area contributed by atoms with E-state index in [0.29, 0.717) is 5.56 Å². The Bertz CT molecular complexity index is 573. The predicted octanol–water partition coefficient (Wildman–Crippen LogP) is -0.830. The fourth-order valence-electron chi connectivity index (χ4n) is 1.38. The molecule has 0 aliphatic heterocycles. The summed E-state index contributed by atoms with van der Waals surface area (Å²) in [4.78, 5) is 35.5. The van der Waals surface area contributed by atoms with Crippen molar-refractivity contribution in [3.05, 3.63) is 34.9 Å². The highest BCUT2D eigenvalue weighted by atomic mass is 16.4. The van der Waals surface area contributed by atoms with Gasteiger partial charge in [0.2, 0.25) is 5.78 Å². The van der Waals surface area contributed by atoms with Gasteiger partial charge in [0, 0.05) is 12.0 Å². The first-order valence-electron chi connectivity index (χ1n) is 4.76. The van der Waals surface area contributed by atoms with Crippen molar-refractivity contribution in [2.24, 2.45) is 0 Å². The minimum Gasteiger partial charge on any atom is -0.545 e. The second-order valence-electron chi connectivity index (χ2n) is 3.37. The van der Waals surface area contributed by atoms with Gasteiger partial charge in [-0.05, 0) is 17.7 Å². The summed E-state index contributed by atoms with van der Waals surface area (Å²) in [6.45, 7) is 0. The molecular weight excluding hydrogens is 240 g/mol. The van der Waals surface area contributed by atoms with Gasteiger partial charge in [0.1, 0.15) is 0 Å². The van der Waals surface area contributed by atoms with E-state index in [4.69, 9.17) is 10.6 Å². The van der Waals surface area contributed by atoms with E-state index in [1.807, 2.05) is 0 Å². The Morgan fingerprint density at radius 2 is 2.00 bits per heavy atom. The number of carbonyl (C=O) groups is 3. The lowest BCUT2D eigenvalue weighted by atomic mass is 10.0. The maximum absolute atomic E-state index is 11.2. The van der Waals surface area contributed by atoms with Crippen molar-refractivity contribution in [1.29, 1.82) is 5.53 Å². The molecule has 0 heterocycles. The van der Waals surface area contributed by atoms with Crippen LogP contribution in [0, 0.1) is 5.53 Å². The molecule has 0 spiro atoms. The number of carbonyl (C=O) groups excluding carboxylic acids is 2. The van der Waals surface area contributed by atoms with E-state index < -0.39 is 28.8 Å². The first-order chi connectivity index (χ1) is 8.45. The van der Waals surface area contributed by atoms with E-state index in [1.165, 1.54) is 6.07 Å². The fraction of sp³-hybridized carbons (Fsp3) is 0.0909. The molecule has 2 N–H and O–H groups in total. The Labute approximate surface area is 101 Å². The van der Waals surface area contributed by atoms with Crippen LogP contribution < -0.4 is 5.11 Å². The largest absolute Gasteiger partial charge is 0.545 e. The molecule has 0 atom stereocenters. The summed E-state index contributed by atoms with van der Waals surface area (Å²) in [5.41, 5.74) is 5.88. The number of nitrogens with zero attached hydrogens (tertiary/aromatic N) is 1. The number of Topliss-reactive ketones (excluding diaryl/α,β-unsaturated/α-hetero) is 1. The third-order valence-corrected chi connectivity index (χ3v) is 2.12. The molecule has 18 heavy (non-hydrogen) atoms.